The van der Waals surface area contributed by atoms with Gasteiger partial charge in [-0.3, -0.25) is 0 Å². The van der Waals surface area contributed by atoms with Crippen molar-refractivity contribution in [2.24, 2.45) is 5.92 Å². The van der Waals surface area contributed by atoms with E-state index in [2.05, 4.69) is 37.1 Å². The molecule has 0 aliphatic heterocycles. The molecular weight excluding hydrogens is 248 g/mol. The molecule has 0 unspecified atom stereocenters. The lowest BCUT2D eigenvalue weighted by atomic mass is 10.1. The Morgan fingerprint density at radius 1 is 1.35 bits per heavy atom. The van der Waals surface area contributed by atoms with Gasteiger partial charge in [-0.25, -0.2) is 4.98 Å². The van der Waals surface area contributed by atoms with Gasteiger partial charge in [-0.2, -0.15) is 0 Å². The van der Waals surface area contributed by atoms with E-state index >= 15 is 0 Å². The van der Waals surface area contributed by atoms with Crippen molar-refractivity contribution in [2.45, 2.75) is 47.1 Å². The zero-order valence-electron chi connectivity index (χ0n) is 13.3. The van der Waals surface area contributed by atoms with E-state index in [-0.39, 0.29) is 0 Å². The Balaban J connectivity index is 2.70. The Morgan fingerprint density at radius 3 is 2.80 bits per heavy atom. The van der Waals surface area contributed by atoms with Crippen molar-refractivity contribution in [3.05, 3.63) is 35.5 Å². The van der Waals surface area contributed by atoms with E-state index in [0.717, 1.165) is 37.5 Å². The number of nitrogens with one attached hydrogen (secondary N) is 1. The highest BCUT2D eigenvalue weighted by atomic mass is 16.5. The molecule has 0 amide bonds. The number of nitrogens with zero attached hydrogens (tertiary/aromatic N) is 1. The van der Waals surface area contributed by atoms with Crippen molar-refractivity contribution in [3.63, 3.8) is 0 Å². The van der Waals surface area contributed by atoms with Crippen LogP contribution in [0.3, 0.4) is 0 Å². The number of pyridine rings is 1. The molecule has 112 valence electrons. The van der Waals surface area contributed by atoms with Crippen molar-refractivity contribution >= 4 is 0 Å². The van der Waals surface area contributed by atoms with Crippen molar-refractivity contribution in [2.75, 3.05) is 13.2 Å². The monoisotopic (exact) mass is 276 g/mol. The van der Waals surface area contributed by atoms with Crippen LogP contribution in [0.25, 0.3) is 0 Å². The van der Waals surface area contributed by atoms with E-state index in [1.54, 1.807) is 0 Å². The van der Waals surface area contributed by atoms with Gasteiger partial charge in [0.25, 0.3) is 0 Å². The zero-order chi connectivity index (χ0) is 14.8. The summed E-state index contributed by atoms with van der Waals surface area (Å²) in [5.41, 5.74) is 2.37. The summed E-state index contributed by atoms with van der Waals surface area (Å²) < 4.78 is 5.68. The summed E-state index contributed by atoms with van der Waals surface area (Å²) in [4.78, 5) is 4.55. The molecule has 0 radical (unpaired) electrons. The van der Waals surface area contributed by atoms with Crippen LogP contribution in [0.15, 0.2) is 24.3 Å². The van der Waals surface area contributed by atoms with Crippen molar-refractivity contribution in [1.82, 2.24) is 10.3 Å². The molecule has 0 atom stereocenters. The molecule has 3 nitrogen and oxygen atoms in total. The molecule has 0 aromatic carbocycles. The minimum atomic E-state index is 0.581. The predicted octanol–water partition coefficient (Wildman–Crippen LogP) is 3.73. The van der Waals surface area contributed by atoms with Gasteiger partial charge < -0.3 is 10.1 Å². The number of rotatable bonds is 9. The lowest BCUT2D eigenvalue weighted by molar-refractivity contribution is 0.346. The second-order valence-electron chi connectivity index (χ2n) is 5.46. The van der Waals surface area contributed by atoms with Crippen LogP contribution in [0.2, 0.25) is 0 Å². The third-order valence-electron chi connectivity index (χ3n) is 2.87. The first-order chi connectivity index (χ1) is 9.65. The van der Waals surface area contributed by atoms with Crippen LogP contribution < -0.4 is 10.1 Å². The van der Waals surface area contributed by atoms with Crippen LogP contribution in [-0.4, -0.2) is 18.1 Å². The molecule has 0 aliphatic carbocycles. The molecule has 0 fully saturated rings. The first-order valence-corrected chi connectivity index (χ1v) is 7.60. The topological polar surface area (TPSA) is 34.1 Å². The molecule has 1 aromatic rings. The number of hydrogen-bond acceptors (Lipinski definition) is 3. The molecule has 0 aliphatic rings. The minimum Gasteiger partial charge on any atom is -0.473 e. The maximum absolute atomic E-state index is 5.68. The summed E-state index contributed by atoms with van der Waals surface area (Å²) in [5, 5.41) is 3.47. The van der Waals surface area contributed by atoms with Gasteiger partial charge in [-0.1, -0.05) is 39.3 Å². The molecule has 1 aromatic heterocycles. The fourth-order valence-corrected chi connectivity index (χ4v) is 1.92. The van der Waals surface area contributed by atoms with E-state index in [9.17, 15) is 0 Å². The maximum atomic E-state index is 5.68. The summed E-state index contributed by atoms with van der Waals surface area (Å²) in [6.45, 7) is 11.1. The summed E-state index contributed by atoms with van der Waals surface area (Å²) in [6, 6.07) is 4.22. The zero-order valence-corrected chi connectivity index (χ0v) is 13.3. The molecule has 0 saturated carbocycles. The number of aromatic nitrogens is 1. The molecule has 3 heteroatoms. The first-order valence-electron chi connectivity index (χ1n) is 7.60. The number of aryl methyl sites for hydroxylation is 1. The Bertz CT molecular complexity index is 413. The third kappa shape index (κ3) is 6.71. The van der Waals surface area contributed by atoms with Crippen LogP contribution >= 0.6 is 0 Å². The lowest BCUT2D eigenvalue weighted by Crippen LogP contribution is -2.19. The van der Waals surface area contributed by atoms with Gasteiger partial charge in [0.2, 0.25) is 5.88 Å². The number of allylic oxidation sites excluding steroid dienone is 1. The minimum absolute atomic E-state index is 0.581. The van der Waals surface area contributed by atoms with Crippen LogP contribution in [0.5, 0.6) is 5.88 Å². The number of ether oxygens (including phenoxy) is 1. The quantitative estimate of drug-likeness (QED) is 0.698. The molecule has 1 N–H and O–H groups in total. The van der Waals surface area contributed by atoms with Gasteiger partial charge in [0.05, 0.1) is 0 Å². The fraction of sp³-hybridized carbons (Fsp3) is 0.588. The summed E-state index contributed by atoms with van der Waals surface area (Å²) in [7, 11) is 0. The summed E-state index contributed by atoms with van der Waals surface area (Å²) in [5.74, 6) is 1.40. The van der Waals surface area contributed by atoms with Crippen LogP contribution in [0.1, 0.15) is 45.4 Å². The maximum Gasteiger partial charge on any atom is 0.214 e. The van der Waals surface area contributed by atoms with Crippen molar-refractivity contribution < 1.29 is 4.74 Å². The second-order valence-corrected chi connectivity index (χ2v) is 5.46. The molecule has 1 rings (SSSR count). The van der Waals surface area contributed by atoms with Crippen LogP contribution in [0.4, 0.5) is 0 Å². The van der Waals surface area contributed by atoms with E-state index < -0.39 is 0 Å². The largest absolute Gasteiger partial charge is 0.473 e. The molecule has 1 heterocycles. The smallest absolute Gasteiger partial charge is 0.214 e. The fourth-order valence-electron chi connectivity index (χ4n) is 1.92. The van der Waals surface area contributed by atoms with Gasteiger partial charge in [0.15, 0.2) is 0 Å². The average molecular weight is 276 g/mol. The van der Waals surface area contributed by atoms with Gasteiger partial charge >= 0.3 is 0 Å². The van der Waals surface area contributed by atoms with Gasteiger partial charge in [-0.15, -0.1) is 0 Å². The Morgan fingerprint density at radius 2 is 2.15 bits per heavy atom. The highest BCUT2D eigenvalue weighted by molar-refractivity contribution is 5.25. The van der Waals surface area contributed by atoms with Gasteiger partial charge in [-0.05, 0) is 37.4 Å². The van der Waals surface area contributed by atoms with E-state index in [1.807, 2.05) is 25.1 Å². The average Bonchev–Trinajstić information content (AvgIpc) is 2.39. The van der Waals surface area contributed by atoms with Gasteiger partial charge in [0.1, 0.15) is 6.61 Å². The van der Waals surface area contributed by atoms with E-state index in [1.165, 1.54) is 5.56 Å². The molecule has 20 heavy (non-hydrogen) atoms. The Hall–Kier alpha value is -1.35. The number of hydrogen-bond donors (Lipinski definition) is 1. The van der Waals surface area contributed by atoms with Crippen LogP contribution in [-0.2, 0) is 13.0 Å². The Kier molecular flexibility index (Phi) is 7.97. The highest BCUT2D eigenvalue weighted by Gasteiger charge is 2.04. The lowest BCUT2D eigenvalue weighted by Gasteiger charge is -2.11. The normalized spacial score (nSPS) is 11.4. The third-order valence-corrected chi connectivity index (χ3v) is 2.87. The molecule has 0 saturated heterocycles. The van der Waals surface area contributed by atoms with E-state index in [0.29, 0.717) is 12.5 Å². The van der Waals surface area contributed by atoms with Gasteiger partial charge in [0, 0.05) is 18.3 Å². The predicted molar refractivity (Wildman–Crippen MR) is 85.1 cm³/mol. The standard InChI is InChI=1S/C17H28N2O/c1-5-7-9-20-17-11-15(13-18-12-14(3)4)10-16(19-17)8-6-2/h5,7,10-11,14,18H,6,8-9,12-13H2,1-4H3/b7-5+. The molecular formula is C17H28N2O. The van der Waals surface area contributed by atoms with E-state index in [4.69, 9.17) is 4.74 Å². The summed E-state index contributed by atoms with van der Waals surface area (Å²) >= 11 is 0. The summed E-state index contributed by atoms with van der Waals surface area (Å²) in [6.07, 6.45) is 6.08. The first kappa shape index (κ1) is 16.7. The Labute approximate surface area is 123 Å². The van der Waals surface area contributed by atoms with Crippen molar-refractivity contribution in [3.8, 4) is 5.88 Å². The highest BCUT2D eigenvalue weighted by Crippen LogP contribution is 2.14. The molecule has 0 spiro atoms. The van der Waals surface area contributed by atoms with Crippen LogP contribution in [0, 0.1) is 5.92 Å². The molecule has 0 bridgehead atoms. The second kappa shape index (κ2) is 9.54. The van der Waals surface area contributed by atoms with Crippen molar-refractivity contribution in [1.29, 1.82) is 0 Å². The SMILES string of the molecule is C/C=C/COc1cc(CNCC(C)C)cc(CCC)n1.